The first kappa shape index (κ1) is 34.1. The molecule has 2 saturated heterocycles. The average Bonchev–Trinajstić information content (AvgIpc) is 3.84. The van der Waals surface area contributed by atoms with Crippen molar-refractivity contribution in [1.29, 1.82) is 0 Å². The van der Waals surface area contributed by atoms with Crippen molar-refractivity contribution < 1.29 is 54.9 Å². The normalized spacial score (nSPS) is 16.6. The van der Waals surface area contributed by atoms with E-state index in [2.05, 4.69) is 10.9 Å². The lowest BCUT2D eigenvalue weighted by atomic mass is 10.1. The molecular weight excluding hydrogens is 688 g/mol. The van der Waals surface area contributed by atoms with Crippen LogP contribution in [0, 0.1) is 10.1 Å². The van der Waals surface area contributed by atoms with Crippen molar-refractivity contribution in [2.45, 2.75) is 12.4 Å². The van der Waals surface area contributed by atoms with Crippen LogP contribution in [0.4, 0.5) is 42.7 Å². The lowest BCUT2D eigenvalue weighted by molar-refractivity contribution is -0.380. The monoisotopic (exact) mass is 705 g/mol. The number of nitro groups is 1. The lowest BCUT2D eigenvalue weighted by Gasteiger charge is -2.16. The SMILES string of the molecule is O=C1NN(c2cccc(C(F)(F)F)c2)C(=O)C1=Cc1ccc([N+](=O)[O-])s1.O=C1NN(c2cccc(C(F)(F)F)c2)C(=O)C1=Cc1ccoc1. The summed E-state index contributed by atoms with van der Waals surface area (Å²) < 4.78 is 81.5. The summed E-state index contributed by atoms with van der Waals surface area (Å²) in [5.74, 6) is -3.11. The van der Waals surface area contributed by atoms with Crippen LogP contribution >= 0.6 is 11.3 Å². The first-order chi connectivity index (χ1) is 23.0. The largest absolute Gasteiger partial charge is 0.472 e. The van der Waals surface area contributed by atoms with Gasteiger partial charge in [-0.3, -0.25) is 40.1 Å². The molecule has 2 N–H and O–H groups in total. The van der Waals surface area contributed by atoms with Crippen LogP contribution in [-0.2, 0) is 31.5 Å². The molecule has 2 aliphatic heterocycles. The molecule has 0 bridgehead atoms. The standard InChI is InChI=1S/C15H8F3N3O4S.C15H9F3N2O3/c16-15(17,18)8-2-1-3-9(6-8)20-14(23)11(13(22)19-20)7-10-4-5-12(26-10)21(24)25;16-15(17,18)10-2-1-3-11(7-10)20-14(22)12(13(21)19-20)6-9-4-5-23-8-9/h1-7H,(H,19,22);1-8H,(H,19,21). The van der Waals surface area contributed by atoms with Crippen LogP contribution < -0.4 is 20.9 Å². The zero-order valence-corrected chi connectivity index (χ0v) is 24.9. The van der Waals surface area contributed by atoms with Crippen molar-refractivity contribution in [3.63, 3.8) is 0 Å². The summed E-state index contributed by atoms with van der Waals surface area (Å²) in [7, 11) is 0. The van der Waals surface area contributed by atoms with Crippen LogP contribution in [0.15, 0.2) is 94.8 Å². The Morgan fingerprint density at radius 2 is 1.24 bits per heavy atom. The van der Waals surface area contributed by atoms with Crippen LogP contribution in [0.3, 0.4) is 0 Å². The predicted octanol–water partition coefficient (Wildman–Crippen LogP) is 5.90. The molecular formula is C30H17F6N5O7S. The molecule has 0 atom stereocenters. The Kier molecular flexibility index (Phi) is 9.12. The summed E-state index contributed by atoms with van der Waals surface area (Å²) in [6, 6.07) is 12.2. The fraction of sp³-hybridized carbons (Fsp3) is 0.0667. The number of thiophene rings is 1. The summed E-state index contributed by atoms with van der Waals surface area (Å²) in [5, 5.41) is 12.0. The van der Waals surface area contributed by atoms with E-state index in [9.17, 15) is 55.6 Å². The molecule has 0 saturated carbocycles. The molecule has 0 spiro atoms. The smallest absolute Gasteiger partial charge is 0.416 e. The van der Waals surface area contributed by atoms with Crippen molar-refractivity contribution in [1.82, 2.24) is 10.9 Å². The van der Waals surface area contributed by atoms with Crippen LogP contribution in [0.25, 0.3) is 12.2 Å². The number of alkyl halides is 6. The van der Waals surface area contributed by atoms with Gasteiger partial charge in [-0.05, 0) is 60.7 Å². The molecule has 252 valence electrons. The highest BCUT2D eigenvalue weighted by molar-refractivity contribution is 7.16. The first-order valence-electron chi connectivity index (χ1n) is 13.4. The quantitative estimate of drug-likeness (QED) is 0.0862. The van der Waals surface area contributed by atoms with Crippen molar-refractivity contribution in [3.05, 3.63) is 122 Å². The zero-order chi connectivity index (χ0) is 35.7. The Labute approximate surface area is 273 Å². The molecule has 2 fully saturated rings. The van der Waals surface area contributed by atoms with Gasteiger partial charge in [0.05, 0.1) is 40.0 Å². The van der Waals surface area contributed by atoms with E-state index in [1.165, 1.54) is 42.9 Å². The molecule has 2 aromatic carbocycles. The number of hydrazine groups is 2. The van der Waals surface area contributed by atoms with Gasteiger partial charge in [0.2, 0.25) is 0 Å². The Hall–Kier alpha value is -6.24. The van der Waals surface area contributed by atoms with E-state index in [4.69, 9.17) is 4.42 Å². The van der Waals surface area contributed by atoms with E-state index < -0.39 is 52.0 Å². The second-order valence-corrected chi connectivity index (χ2v) is 11.0. The molecule has 4 aromatic rings. The van der Waals surface area contributed by atoms with Crippen LogP contribution in [-0.4, -0.2) is 28.6 Å². The molecule has 6 rings (SSSR count). The number of amides is 4. The Bertz CT molecular complexity index is 2040. The molecule has 49 heavy (non-hydrogen) atoms. The minimum absolute atomic E-state index is 0.0752. The number of hydrogen-bond acceptors (Lipinski definition) is 8. The van der Waals surface area contributed by atoms with Crippen LogP contribution in [0.1, 0.15) is 21.6 Å². The minimum Gasteiger partial charge on any atom is -0.472 e. The third kappa shape index (κ3) is 7.51. The first-order valence-corrected chi connectivity index (χ1v) is 14.2. The highest BCUT2D eigenvalue weighted by Crippen LogP contribution is 2.34. The van der Waals surface area contributed by atoms with Gasteiger partial charge in [-0.2, -0.15) is 26.3 Å². The summed E-state index contributed by atoms with van der Waals surface area (Å²) in [6.45, 7) is 0. The molecule has 4 amide bonds. The number of furan rings is 1. The highest BCUT2D eigenvalue weighted by atomic mass is 32.1. The van der Waals surface area contributed by atoms with Crippen molar-refractivity contribution in [2.24, 2.45) is 0 Å². The summed E-state index contributed by atoms with van der Waals surface area (Å²) in [4.78, 5) is 58.9. The summed E-state index contributed by atoms with van der Waals surface area (Å²) in [6.07, 6.45) is -3.98. The van der Waals surface area contributed by atoms with Gasteiger partial charge in [-0.1, -0.05) is 23.5 Å². The fourth-order valence-electron chi connectivity index (χ4n) is 4.31. The maximum absolute atomic E-state index is 12.8. The summed E-state index contributed by atoms with van der Waals surface area (Å²) in [5.41, 5.74) is 2.28. The highest BCUT2D eigenvalue weighted by Gasteiger charge is 2.38. The number of nitrogens with zero attached hydrogens (tertiary/aromatic N) is 3. The van der Waals surface area contributed by atoms with Crippen LogP contribution in [0.2, 0.25) is 0 Å². The number of halogens is 6. The number of carbonyl (C=O) groups is 4. The van der Waals surface area contributed by atoms with E-state index in [1.807, 2.05) is 0 Å². The second-order valence-electron chi connectivity index (χ2n) is 9.86. The van der Waals surface area contributed by atoms with Gasteiger partial charge in [-0.15, -0.1) is 0 Å². The number of anilines is 2. The molecule has 4 heterocycles. The molecule has 0 aliphatic carbocycles. The van der Waals surface area contributed by atoms with Gasteiger partial charge < -0.3 is 4.42 Å². The zero-order valence-electron chi connectivity index (χ0n) is 24.0. The second kappa shape index (κ2) is 13.1. The van der Waals surface area contributed by atoms with Gasteiger partial charge >= 0.3 is 17.4 Å². The van der Waals surface area contributed by atoms with Gasteiger partial charge in [0.25, 0.3) is 23.6 Å². The van der Waals surface area contributed by atoms with E-state index in [-0.39, 0.29) is 27.5 Å². The topological polar surface area (TPSA) is 155 Å². The van der Waals surface area contributed by atoms with E-state index in [1.54, 1.807) is 6.07 Å². The molecule has 19 heteroatoms. The lowest BCUT2D eigenvalue weighted by Crippen LogP contribution is -2.35. The Balaban J connectivity index is 0.000000192. The molecule has 0 unspecified atom stereocenters. The molecule has 2 aliphatic rings. The Morgan fingerprint density at radius 1 is 0.735 bits per heavy atom. The van der Waals surface area contributed by atoms with E-state index in [0.29, 0.717) is 15.4 Å². The molecule has 12 nitrogen and oxygen atoms in total. The van der Waals surface area contributed by atoms with Crippen LogP contribution in [0.5, 0.6) is 0 Å². The number of nitrogens with one attached hydrogen (secondary N) is 2. The van der Waals surface area contributed by atoms with Gasteiger partial charge in [0, 0.05) is 16.5 Å². The van der Waals surface area contributed by atoms with E-state index >= 15 is 0 Å². The number of carbonyl (C=O) groups excluding carboxylic acids is 4. The van der Waals surface area contributed by atoms with Crippen molar-refractivity contribution in [2.75, 3.05) is 10.0 Å². The molecule has 0 radical (unpaired) electrons. The van der Waals surface area contributed by atoms with Gasteiger partial charge in [0.15, 0.2) is 0 Å². The molecule has 2 aromatic heterocycles. The maximum Gasteiger partial charge on any atom is 0.416 e. The maximum atomic E-state index is 12.8. The predicted molar refractivity (Wildman–Crippen MR) is 160 cm³/mol. The average molecular weight is 706 g/mol. The van der Waals surface area contributed by atoms with Crippen molar-refractivity contribution in [3.8, 4) is 0 Å². The Morgan fingerprint density at radius 3 is 1.67 bits per heavy atom. The number of hydrogen-bond donors (Lipinski definition) is 2. The number of rotatable bonds is 5. The number of benzene rings is 2. The van der Waals surface area contributed by atoms with Gasteiger partial charge in [-0.25, -0.2) is 10.0 Å². The summed E-state index contributed by atoms with van der Waals surface area (Å²) >= 11 is 0.760. The third-order valence-electron chi connectivity index (χ3n) is 6.58. The van der Waals surface area contributed by atoms with Crippen molar-refractivity contribution >= 4 is 63.5 Å². The fourth-order valence-corrected chi connectivity index (χ4v) is 5.07. The van der Waals surface area contributed by atoms with E-state index in [0.717, 1.165) is 58.8 Å². The third-order valence-corrected chi connectivity index (χ3v) is 7.56. The van der Waals surface area contributed by atoms with Gasteiger partial charge in [0.1, 0.15) is 11.1 Å². The minimum atomic E-state index is -4.60.